The number of anilines is 2. The van der Waals surface area contributed by atoms with Gasteiger partial charge in [0.1, 0.15) is 23.0 Å². The van der Waals surface area contributed by atoms with E-state index >= 15 is 0 Å². The van der Waals surface area contributed by atoms with Crippen LogP contribution in [0.15, 0.2) is 97.1 Å². The van der Waals surface area contributed by atoms with Crippen molar-refractivity contribution in [1.29, 1.82) is 0 Å². The molecule has 260 valence electrons. The highest BCUT2D eigenvalue weighted by Gasteiger charge is 2.41. The lowest BCUT2D eigenvalue weighted by atomic mass is 9.60. The minimum absolute atomic E-state index is 0.0235. The molecule has 49 heavy (non-hydrogen) atoms. The Bertz CT molecular complexity index is 1440. The van der Waals surface area contributed by atoms with Crippen molar-refractivity contribution < 1.29 is 9.47 Å². The van der Waals surface area contributed by atoms with Crippen molar-refractivity contribution in [3.63, 3.8) is 0 Å². The number of benzene rings is 4. The van der Waals surface area contributed by atoms with Crippen molar-refractivity contribution in [3.05, 3.63) is 108 Å². The van der Waals surface area contributed by atoms with E-state index < -0.39 is 0 Å². The third kappa shape index (κ3) is 9.41. The summed E-state index contributed by atoms with van der Waals surface area (Å²) in [5, 5.41) is 0. The van der Waals surface area contributed by atoms with Gasteiger partial charge in [-0.25, -0.2) is 0 Å². The van der Waals surface area contributed by atoms with Crippen molar-refractivity contribution in [2.45, 2.75) is 115 Å². The Morgan fingerprint density at radius 1 is 0.490 bits per heavy atom. The van der Waals surface area contributed by atoms with E-state index in [2.05, 4.69) is 55.5 Å². The molecule has 4 N–H and O–H groups in total. The fraction of sp³-hybridized carbons (Fsp3) is 0.467. The van der Waals surface area contributed by atoms with Crippen molar-refractivity contribution in [2.75, 3.05) is 11.5 Å². The van der Waals surface area contributed by atoms with Gasteiger partial charge in [-0.15, -0.1) is 0 Å². The summed E-state index contributed by atoms with van der Waals surface area (Å²) in [5.41, 5.74) is 16.0. The maximum absolute atomic E-state index is 6.17. The van der Waals surface area contributed by atoms with Crippen molar-refractivity contribution in [1.82, 2.24) is 0 Å². The zero-order chi connectivity index (χ0) is 33.9. The Morgan fingerprint density at radius 3 is 1.33 bits per heavy atom. The van der Waals surface area contributed by atoms with Crippen molar-refractivity contribution in [2.24, 2.45) is 17.8 Å². The van der Waals surface area contributed by atoms with Gasteiger partial charge < -0.3 is 20.9 Å². The first-order chi connectivity index (χ1) is 24.0. The summed E-state index contributed by atoms with van der Waals surface area (Å²) >= 11 is 0. The molecule has 2 saturated carbocycles. The van der Waals surface area contributed by atoms with Gasteiger partial charge in [-0.1, -0.05) is 95.4 Å². The first kappa shape index (κ1) is 34.9. The highest BCUT2D eigenvalue weighted by molar-refractivity contribution is 5.47. The molecule has 0 radical (unpaired) electrons. The molecule has 4 nitrogen and oxygen atoms in total. The lowest BCUT2D eigenvalue weighted by molar-refractivity contribution is 0.140. The van der Waals surface area contributed by atoms with Crippen LogP contribution in [-0.4, -0.2) is 0 Å². The molecule has 0 aliphatic heterocycles. The topological polar surface area (TPSA) is 70.5 Å². The number of ether oxygens (including phenoxy) is 2. The Hall–Kier alpha value is -3.92. The lowest BCUT2D eigenvalue weighted by Gasteiger charge is -2.44. The van der Waals surface area contributed by atoms with Crippen LogP contribution < -0.4 is 20.9 Å². The minimum atomic E-state index is -0.0235. The van der Waals surface area contributed by atoms with E-state index in [4.69, 9.17) is 20.9 Å². The quantitative estimate of drug-likeness (QED) is 0.0985. The molecule has 4 aromatic carbocycles. The van der Waals surface area contributed by atoms with Gasteiger partial charge in [0, 0.05) is 16.8 Å². The molecule has 4 aromatic rings. The maximum atomic E-state index is 6.17. The molecule has 0 saturated heterocycles. The largest absolute Gasteiger partial charge is 0.457 e. The molecule has 2 aliphatic carbocycles. The van der Waals surface area contributed by atoms with Gasteiger partial charge in [-0.05, 0) is 140 Å². The monoisotopic (exact) mass is 658 g/mol. The number of nitrogens with two attached hydrogens (primary N) is 2. The van der Waals surface area contributed by atoms with E-state index in [-0.39, 0.29) is 5.41 Å². The second-order valence-electron chi connectivity index (χ2n) is 15.0. The lowest BCUT2D eigenvalue weighted by Crippen LogP contribution is -2.35. The summed E-state index contributed by atoms with van der Waals surface area (Å²) in [6.07, 6.45) is 22.1. The van der Waals surface area contributed by atoms with Gasteiger partial charge in [-0.2, -0.15) is 0 Å². The van der Waals surface area contributed by atoms with E-state index in [9.17, 15) is 0 Å². The molecule has 0 unspecified atom stereocenters. The average molecular weight is 659 g/mol. The first-order valence-corrected chi connectivity index (χ1v) is 19.3. The summed E-state index contributed by atoms with van der Waals surface area (Å²) in [6.45, 7) is 2.30. The van der Waals surface area contributed by atoms with Crippen LogP contribution in [0, 0.1) is 17.8 Å². The van der Waals surface area contributed by atoms with E-state index in [0.717, 1.165) is 52.1 Å². The second kappa shape index (κ2) is 17.1. The molecule has 0 aromatic heterocycles. The van der Waals surface area contributed by atoms with E-state index in [0.29, 0.717) is 0 Å². The van der Waals surface area contributed by atoms with Gasteiger partial charge in [0.15, 0.2) is 0 Å². The Morgan fingerprint density at radius 2 is 0.878 bits per heavy atom. The third-order valence-corrected chi connectivity index (χ3v) is 11.7. The molecule has 0 bridgehead atoms. The number of unbranched alkanes of at least 4 members (excludes halogenated alkanes) is 6. The van der Waals surface area contributed by atoms with Crippen LogP contribution in [0.3, 0.4) is 0 Å². The number of hydrogen-bond acceptors (Lipinski definition) is 4. The van der Waals surface area contributed by atoms with Crippen LogP contribution in [0.4, 0.5) is 11.4 Å². The van der Waals surface area contributed by atoms with E-state index in [1.165, 1.54) is 114 Å². The van der Waals surface area contributed by atoms with Crippen LogP contribution >= 0.6 is 0 Å². The maximum Gasteiger partial charge on any atom is 0.127 e. The molecule has 2 fully saturated rings. The van der Waals surface area contributed by atoms with Crippen LogP contribution in [0.2, 0.25) is 0 Å². The van der Waals surface area contributed by atoms with Gasteiger partial charge in [0.25, 0.3) is 0 Å². The Kier molecular flexibility index (Phi) is 12.2. The fourth-order valence-electron chi connectivity index (χ4n) is 8.71. The Labute approximate surface area is 295 Å². The molecule has 4 heteroatoms. The molecule has 2 aliphatic rings. The van der Waals surface area contributed by atoms with Gasteiger partial charge in [0.2, 0.25) is 0 Å². The molecule has 6 rings (SSSR count). The molecule has 0 spiro atoms. The zero-order valence-corrected chi connectivity index (χ0v) is 29.8. The highest BCUT2D eigenvalue weighted by atomic mass is 16.5. The SMILES string of the molecule is CCCCCCCCC[C@H]1CC[C@H](C2CCC(c3ccc(Oc4ccc(N)cc4)cc3)(c3ccc(Oc4ccc(N)cc4)cc3)CC2)CC1. The number of hydrogen-bond donors (Lipinski definition) is 2. The normalized spacial score (nSPS) is 19.4. The summed E-state index contributed by atoms with van der Waals surface area (Å²) in [7, 11) is 0. The zero-order valence-electron chi connectivity index (χ0n) is 29.8. The van der Waals surface area contributed by atoms with E-state index in [1.54, 1.807) is 0 Å². The Balaban J connectivity index is 1.10. The number of rotatable bonds is 15. The predicted molar refractivity (Wildman–Crippen MR) is 206 cm³/mol. The summed E-state index contributed by atoms with van der Waals surface area (Å²) in [6, 6.07) is 32.9. The van der Waals surface area contributed by atoms with Gasteiger partial charge >= 0.3 is 0 Å². The molecule has 0 amide bonds. The van der Waals surface area contributed by atoms with E-state index in [1.807, 2.05) is 48.5 Å². The second-order valence-corrected chi connectivity index (χ2v) is 15.0. The van der Waals surface area contributed by atoms with Crippen molar-refractivity contribution >= 4 is 11.4 Å². The summed E-state index contributed by atoms with van der Waals surface area (Å²) in [4.78, 5) is 0. The smallest absolute Gasteiger partial charge is 0.127 e. The molecule has 0 atom stereocenters. The third-order valence-electron chi connectivity index (χ3n) is 11.7. The molecule has 0 heterocycles. The molecular formula is C45H58N2O2. The summed E-state index contributed by atoms with van der Waals surface area (Å²) in [5.74, 6) is 5.99. The highest BCUT2D eigenvalue weighted by Crippen LogP contribution is 2.51. The van der Waals surface area contributed by atoms with Gasteiger partial charge in [0.05, 0.1) is 0 Å². The molecular weight excluding hydrogens is 601 g/mol. The number of nitrogen functional groups attached to an aromatic ring is 2. The first-order valence-electron chi connectivity index (χ1n) is 19.3. The standard InChI is InChI=1S/C45H58N2O2/c1-2-3-4-5-6-7-8-9-34-10-12-35(13-11-34)36-30-32-45(33-31-36,37-14-22-41(23-15-37)48-43-26-18-39(46)19-27-43)38-16-24-42(25-17-38)49-44-28-20-40(47)21-29-44/h14-29,34-36H,2-13,30-33,46-47H2,1H3/t34-,35-. The van der Waals surface area contributed by atoms with Crippen molar-refractivity contribution in [3.8, 4) is 23.0 Å². The van der Waals surface area contributed by atoms with Gasteiger partial charge in [-0.3, -0.25) is 0 Å². The van der Waals surface area contributed by atoms with Crippen LogP contribution in [-0.2, 0) is 5.41 Å². The average Bonchev–Trinajstić information content (AvgIpc) is 3.14. The van der Waals surface area contributed by atoms with Crippen LogP contribution in [0.5, 0.6) is 23.0 Å². The fourth-order valence-corrected chi connectivity index (χ4v) is 8.71. The summed E-state index contributed by atoms with van der Waals surface area (Å²) < 4.78 is 12.3. The van der Waals surface area contributed by atoms with Crippen LogP contribution in [0.25, 0.3) is 0 Å². The predicted octanol–water partition coefficient (Wildman–Crippen LogP) is 12.9. The minimum Gasteiger partial charge on any atom is -0.457 e. The van der Waals surface area contributed by atoms with Crippen LogP contribution in [0.1, 0.15) is 121 Å².